The summed E-state index contributed by atoms with van der Waals surface area (Å²) < 4.78 is 16.0. The topological polar surface area (TPSA) is 91.0 Å². The SMILES string of the molecule is COc1cc(Br)c(OC)c(C(N)C(=O)O)c1OC. The zero-order chi connectivity index (χ0) is 13.9. The summed E-state index contributed by atoms with van der Waals surface area (Å²) in [5.41, 5.74) is 5.87. The van der Waals surface area contributed by atoms with Crippen LogP contribution in [0.1, 0.15) is 11.6 Å². The van der Waals surface area contributed by atoms with Crippen molar-refractivity contribution in [3.05, 3.63) is 16.1 Å². The Balaban J connectivity index is 3.60. The van der Waals surface area contributed by atoms with Gasteiger partial charge >= 0.3 is 5.97 Å². The van der Waals surface area contributed by atoms with Crippen molar-refractivity contribution in [2.24, 2.45) is 5.73 Å². The molecule has 0 radical (unpaired) electrons. The Morgan fingerprint density at radius 1 is 1.28 bits per heavy atom. The molecule has 1 aromatic carbocycles. The largest absolute Gasteiger partial charge is 0.495 e. The zero-order valence-electron chi connectivity index (χ0n) is 10.2. The Kier molecular flexibility index (Phi) is 4.80. The second-order valence-corrected chi connectivity index (χ2v) is 4.21. The summed E-state index contributed by atoms with van der Waals surface area (Å²) in [4.78, 5) is 11.1. The third kappa shape index (κ3) is 2.51. The van der Waals surface area contributed by atoms with Crippen LogP contribution in [0, 0.1) is 0 Å². The van der Waals surface area contributed by atoms with E-state index in [9.17, 15) is 4.79 Å². The Morgan fingerprint density at radius 2 is 1.83 bits per heavy atom. The number of methoxy groups -OCH3 is 3. The molecule has 1 rings (SSSR count). The molecule has 0 bridgehead atoms. The van der Waals surface area contributed by atoms with Gasteiger partial charge in [-0.2, -0.15) is 0 Å². The number of aliphatic carboxylic acids is 1. The first-order valence-corrected chi connectivity index (χ1v) is 5.73. The molecule has 6 nitrogen and oxygen atoms in total. The van der Waals surface area contributed by atoms with Crippen LogP contribution in [0.15, 0.2) is 10.5 Å². The van der Waals surface area contributed by atoms with E-state index in [0.29, 0.717) is 16.0 Å². The van der Waals surface area contributed by atoms with Gasteiger partial charge in [-0.3, -0.25) is 4.79 Å². The van der Waals surface area contributed by atoms with Gasteiger partial charge < -0.3 is 25.1 Å². The normalized spacial score (nSPS) is 11.8. The van der Waals surface area contributed by atoms with Crippen molar-refractivity contribution in [2.75, 3.05) is 21.3 Å². The second-order valence-electron chi connectivity index (χ2n) is 3.36. The molecule has 0 aliphatic rings. The van der Waals surface area contributed by atoms with Gasteiger partial charge in [-0.05, 0) is 15.9 Å². The third-order valence-corrected chi connectivity index (χ3v) is 2.98. The molecule has 0 aromatic heterocycles. The highest BCUT2D eigenvalue weighted by Crippen LogP contribution is 2.45. The fourth-order valence-corrected chi connectivity index (χ4v) is 2.17. The smallest absolute Gasteiger partial charge is 0.325 e. The van der Waals surface area contributed by atoms with Gasteiger partial charge in [0.15, 0.2) is 11.5 Å². The monoisotopic (exact) mass is 319 g/mol. The van der Waals surface area contributed by atoms with Crippen LogP contribution >= 0.6 is 15.9 Å². The molecule has 7 heteroatoms. The number of halogens is 1. The lowest BCUT2D eigenvalue weighted by atomic mass is 10.0. The molecule has 1 unspecified atom stereocenters. The first-order chi connectivity index (χ1) is 8.47. The number of ether oxygens (including phenoxy) is 3. The number of carboxylic acids is 1. The minimum absolute atomic E-state index is 0.221. The maximum atomic E-state index is 11.1. The number of hydrogen-bond acceptors (Lipinski definition) is 5. The Labute approximate surface area is 113 Å². The minimum atomic E-state index is -1.28. The highest BCUT2D eigenvalue weighted by Gasteiger charge is 2.28. The number of hydrogen-bond donors (Lipinski definition) is 2. The van der Waals surface area contributed by atoms with Crippen LogP contribution in [-0.2, 0) is 4.79 Å². The molecule has 3 N–H and O–H groups in total. The quantitative estimate of drug-likeness (QED) is 0.855. The summed E-state index contributed by atoms with van der Waals surface area (Å²) >= 11 is 3.27. The first kappa shape index (κ1) is 14.6. The van der Waals surface area contributed by atoms with E-state index in [1.807, 2.05) is 0 Å². The average Bonchev–Trinajstić information content (AvgIpc) is 2.36. The molecule has 0 saturated carbocycles. The maximum Gasteiger partial charge on any atom is 0.325 e. The van der Waals surface area contributed by atoms with Gasteiger partial charge in [0.05, 0.1) is 31.4 Å². The summed E-state index contributed by atoms with van der Waals surface area (Å²) in [6, 6.07) is 0.344. The fourth-order valence-electron chi connectivity index (χ4n) is 1.59. The maximum absolute atomic E-state index is 11.1. The first-order valence-electron chi connectivity index (χ1n) is 4.94. The van der Waals surface area contributed by atoms with E-state index < -0.39 is 12.0 Å². The molecule has 0 saturated heterocycles. The van der Waals surface area contributed by atoms with Gasteiger partial charge in [-0.25, -0.2) is 0 Å². The summed E-state index contributed by atoms with van der Waals surface area (Å²) in [6.45, 7) is 0. The summed E-state index contributed by atoms with van der Waals surface area (Å²) in [5, 5.41) is 9.04. The lowest BCUT2D eigenvalue weighted by Crippen LogP contribution is -2.22. The van der Waals surface area contributed by atoms with Crippen molar-refractivity contribution in [1.29, 1.82) is 0 Å². The fraction of sp³-hybridized carbons (Fsp3) is 0.364. The number of benzene rings is 1. The molecule has 1 atom stereocenters. The van der Waals surface area contributed by atoms with Crippen molar-refractivity contribution in [3.63, 3.8) is 0 Å². The van der Waals surface area contributed by atoms with Crippen molar-refractivity contribution < 1.29 is 24.1 Å². The second kappa shape index (κ2) is 5.92. The van der Waals surface area contributed by atoms with E-state index in [4.69, 9.17) is 25.1 Å². The van der Waals surface area contributed by atoms with Gasteiger partial charge in [-0.15, -0.1) is 0 Å². The zero-order valence-corrected chi connectivity index (χ0v) is 11.8. The van der Waals surface area contributed by atoms with E-state index in [0.717, 1.165) is 0 Å². The summed E-state index contributed by atoms with van der Waals surface area (Å²) in [7, 11) is 4.28. The molecule has 0 heterocycles. The summed E-state index contributed by atoms with van der Waals surface area (Å²) in [5.74, 6) is -0.265. The van der Waals surface area contributed by atoms with Gasteiger partial charge in [0.25, 0.3) is 0 Å². The average molecular weight is 320 g/mol. The predicted molar refractivity (Wildman–Crippen MR) is 68.4 cm³/mol. The predicted octanol–water partition coefficient (Wildman–Crippen LogP) is 1.56. The third-order valence-electron chi connectivity index (χ3n) is 2.39. The van der Waals surface area contributed by atoms with Gasteiger partial charge in [0.2, 0.25) is 0 Å². The van der Waals surface area contributed by atoms with Crippen LogP contribution in [0.4, 0.5) is 0 Å². The van der Waals surface area contributed by atoms with E-state index >= 15 is 0 Å². The van der Waals surface area contributed by atoms with Crippen molar-refractivity contribution in [2.45, 2.75) is 6.04 Å². The molecule has 0 amide bonds. The molecule has 0 spiro atoms. The van der Waals surface area contributed by atoms with Crippen LogP contribution in [0.3, 0.4) is 0 Å². The number of carboxylic acid groups (broad SMARTS) is 1. The number of rotatable bonds is 5. The molecule has 18 heavy (non-hydrogen) atoms. The van der Waals surface area contributed by atoms with Gasteiger partial charge in [0, 0.05) is 6.07 Å². The van der Waals surface area contributed by atoms with Crippen molar-refractivity contribution in [1.82, 2.24) is 0 Å². The van der Waals surface area contributed by atoms with Crippen LogP contribution < -0.4 is 19.9 Å². The Morgan fingerprint density at radius 3 is 2.22 bits per heavy atom. The van der Waals surface area contributed by atoms with Gasteiger partial charge in [0.1, 0.15) is 11.8 Å². The number of carbonyl (C=O) groups is 1. The van der Waals surface area contributed by atoms with Crippen molar-refractivity contribution in [3.8, 4) is 17.2 Å². The molecule has 0 aliphatic carbocycles. The summed E-state index contributed by atoms with van der Waals surface area (Å²) in [6.07, 6.45) is 0. The molecular weight excluding hydrogens is 306 g/mol. The lowest BCUT2D eigenvalue weighted by molar-refractivity contribution is -0.138. The minimum Gasteiger partial charge on any atom is -0.495 e. The van der Waals surface area contributed by atoms with Crippen LogP contribution in [0.25, 0.3) is 0 Å². The lowest BCUT2D eigenvalue weighted by Gasteiger charge is -2.19. The highest BCUT2D eigenvalue weighted by molar-refractivity contribution is 9.10. The van der Waals surface area contributed by atoms with Crippen LogP contribution in [0.5, 0.6) is 17.2 Å². The van der Waals surface area contributed by atoms with E-state index in [-0.39, 0.29) is 11.3 Å². The Hall–Kier alpha value is -1.47. The molecule has 0 aliphatic heterocycles. The Bertz CT molecular complexity index is 463. The standard InChI is InChI=1S/C11H14BrNO5/c1-16-6-4-5(12)9(17-2)7(10(6)18-3)8(13)11(14)15/h4,8H,13H2,1-3H3,(H,14,15). The van der Waals surface area contributed by atoms with E-state index in [1.165, 1.54) is 21.3 Å². The molecule has 0 fully saturated rings. The van der Waals surface area contributed by atoms with E-state index in [1.54, 1.807) is 6.07 Å². The van der Waals surface area contributed by atoms with Crippen LogP contribution in [0.2, 0.25) is 0 Å². The molecular formula is C11H14BrNO5. The van der Waals surface area contributed by atoms with Crippen molar-refractivity contribution >= 4 is 21.9 Å². The van der Waals surface area contributed by atoms with Crippen LogP contribution in [-0.4, -0.2) is 32.4 Å². The number of nitrogens with two attached hydrogens (primary N) is 1. The van der Waals surface area contributed by atoms with Gasteiger partial charge in [-0.1, -0.05) is 0 Å². The highest BCUT2D eigenvalue weighted by atomic mass is 79.9. The van der Waals surface area contributed by atoms with E-state index in [2.05, 4.69) is 15.9 Å². The molecule has 100 valence electrons. The molecule has 1 aromatic rings.